The SMILES string of the molecule is C[C@H](O)CN1CCC(CN(CC(=O)NCc2ccccc2F)CC(=O)NCc2ccccc2F)CC1. The van der Waals surface area contributed by atoms with Crippen LogP contribution in [0.5, 0.6) is 0 Å². The fourth-order valence-electron chi connectivity index (χ4n) is 4.46. The zero-order valence-electron chi connectivity index (χ0n) is 20.8. The molecule has 1 aliphatic rings. The van der Waals surface area contributed by atoms with Gasteiger partial charge in [-0.2, -0.15) is 0 Å². The van der Waals surface area contributed by atoms with Gasteiger partial charge in [-0.15, -0.1) is 0 Å². The molecule has 2 aromatic rings. The number of aliphatic hydroxyl groups excluding tert-OH is 1. The number of β-amino-alcohol motifs (C(OH)–C–C–N with tert-alkyl or cyclic N) is 1. The standard InChI is InChI=1S/C27H36F2N4O3/c1-20(34)16-32-12-10-21(11-13-32)17-33(18-26(35)30-14-22-6-2-4-8-24(22)28)19-27(36)31-15-23-7-3-5-9-25(23)29/h2-9,20-21,34H,10-19H2,1H3,(H,30,35)(H,31,36)/t20-/m0/s1. The number of hydrogen-bond donors (Lipinski definition) is 3. The van der Waals surface area contributed by atoms with Gasteiger partial charge in [-0.1, -0.05) is 36.4 Å². The van der Waals surface area contributed by atoms with Crippen molar-refractivity contribution in [3.63, 3.8) is 0 Å². The van der Waals surface area contributed by atoms with Gasteiger partial charge in [0.25, 0.3) is 0 Å². The smallest absolute Gasteiger partial charge is 0.234 e. The molecule has 2 amide bonds. The van der Waals surface area contributed by atoms with Crippen LogP contribution >= 0.6 is 0 Å². The second-order valence-electron chi connectivity index (χ2n) is 9.50. The molecule has 2 aromatic carbocycles. The van der Waals surface area contributed by atoms with Crippen molar-refractivity contribution in [2.75, 3.05) is 39.3 Å². The summed E-state index contributed by atoms with van der Waals surface area (Å²) in [5.74, 6) is -1.07. The molecule has 0 saturated carbocycles. The minimum atomic E-state index is -0.383. The van der Waals surface area contributed by atoms with Crippen molar-refractivity contribution in [2.45, 2.75) is 39.0 Å². The third-order valence-electron chi connectivity index (χ3n) is 6.35. The van der Waals surface area contributed by atoms with Gasteiger partial charge in [-0.05, 0) is 50.9 Å². The molecule has 0 bridgehead atoms. The van der Waals surface area contributed by atoms with Gasteiger partial charge < -0.3 is 20.6 Å². The van der Waals surface area contributed by atoms with Crippen LogP contribution < -0.4 is 10.6 Å². The van der Waals surface area contributed by atoms with Crippen LogP contribution in [0.25, 0.3) is 0 Å². The average Bonchev–Trinajstić information content (AvgIpc) is 2.84. The van der Waals surface area contributed by atoms with Gasteiger partial charge >= 0.3 is 0 Å². The topological polar surface area (TPSA) is 84.9 Å². The molecule has 1 atom stereocenters. The van der Waals surface area contributed by atoms with Crippen LogP contribution in [0.4, 0.5) is 8.78 Å². The summed E-state index contributed by atoms with van der Waals surface area (Å²) in [7, 11) is 0. The predicted octanol–water partition coefficient (Wildman–Crippen LogP) is 2.29. The monoisotopic (exact) mass is 502 g/mol. The zero-order valence-corrected chi connectivity index (χ0v) is 20.8. The number of piperidine rings is 1. The first kappa shape index (κ1) is 27.7. The van der Waals surface area contributed by atoms with Gasteiger partial charge in [0.05, 0.1) is 19.2 Å². The first-order valence-corrected chi connectivity index (χ1v) is 12.4. The number of nitrogens with zero attached hydrogens (tertiary/aromatic N) is 2. The van der Waals surface area contributed by atoms with E-state index in [4.69, 9.17) is 0 Å². The number of benzene rings is 2. The number of aliphatic hydroxyl groups is 1. The molecule has 1 saturated heterocycles. The van der Waals surface area contributed by atoms with E-state index in [1.807, 2.05) is 0 Å². The van der Waals surface area contributed by atoms with Crippen LogP contribution in [-0.4, -0.2) is 72.1 Å². The first-order valence-electron chi connectivity index (χ1n) is 12.4. The maximum atomic E-state index is 13.9. The lowest BCUT2D eigenvalue weighted by Gasteiger charge is -2.35. The number of likely N-dealkylation sites (tertiary alicyclic amines) is 1. The molecule has 1 aliphatic heterocycles. The van der Waals surface area contributed by atoms with E-state index in [9.17, 15) is 23.5 Å². The Bertz CT molecular complexity index is 933. The van der Waals surface area contributed by atoms with Crippen molar-refractivity contribution < 1.29 is 23.5 Å². The van der Waals surface area contributed by atoms with Crippen molar-refractivity contribution in [1.82, 2.24) is 20.4 Å². The van der Waals surface area contributed by atoms with Crippen molar-refractivity contribution >= 4 is 11.8 Å². The second-order valence-corrected chi connectivity index (χ2v) is 9.50. The minimum Gasteiger partial charge on any atom is -0.392 e. The zero-order chi connectivity index (χ0) is 25.9. The Balaban J connectivity index is 1.55. The maximum Gasteiger partial charge on any atom is 0.234 e. The Morgan fingerprint density at radius 2 is 1.42 bits per heavy atom. The fraction of sp³-hybridized carbons (Fsp3) is 0.481. The van der Waals surface area contributed by atoms with Crippen LogP contribution in [-0.2, 0) is 22.7 Å². The molecule has 196 valence electrons. The maximum absolute atomic E-state index is 13.9. The number of rotatable bonds is 12. The highest BCUT2D eigenvalue weighted by Crippen LogP contribution is 2.19. The summed E-state index contributed by atoms with van der Waals surface area (Å²) in [6.45, 7) is 4.78. The third kappa shape index (κ3) is 9.29. The Morgan fingerprint density at radius 1 is 0.944 bits per heavy atom. The fourth-order valence-corrected chi connectivity index (χ4v) is 4.46. The van der Waals surface area contributed by atoms with Gasteiger partial charge in [-0.3, -0.25) is 14.5 Å². The van der Waals surface area contributed by atoms with Gasteiger partial charge in [0.15, 0.2) is 0 Å². The summed E-state index contributed by atoms with van der Waals surface area (Å²) in [4.78, 5) is 29.3. The lowest BCUT2D eigenvalue weighted by Crippen LogP contribution is -2.46. The van der Waals surface area contributed by atoms with Crippen molar-refractivity contribution in [3.05, 3.63) is 71.3 Å². The van der Waals surface area contributed by atoms with Crippen molar-refractivity contribution in [2.24, 2.45) is 5.92 Å². The molecule has 0 unspecified atom stereocenters. The molecule has 1 fully saturated rings. The Hall–Kier alpha value is -2.88. The molecule has 7 nitrogen and oxygen atoms in total. The summed E-state index contributed by atoms with van der Waals surface area (Å²) in [5.41, 5.74) is 0.788. The molecular weight excluding hydrogens is 466 g/mol. The van der Waals surface area contributed by atoms with Gasteiger partial charge in [0.1, 0.15) is 11.6 Å². The molecule has 0 radical (unpaired) electrons. The minimum absolute atomic E-state index is 0.00450. The second kappa shape index (κ2) is 14.0. The molecular formula is C27H36F2N4O3. The van der Waals surface area contributed by atoms with E-state index in [1.165, 1.54) is 12.1 Å². The number of carbonyl (C=O) groups is 2. The first-order chi connectivity index (χ1) is 17.3. The Labute approximate surface area is 211 Å². The normalized spacial score (nSPS) is 15.6. The van der Waals surface area contributed by atoms with E-state index in [-0.39, 0.29) is 55.7 Å². The quantitative estimate of drug-likeness (QED) is 0.415. The number of carbonyl (C=O) groups excluding carboxylic acids is 2. The molecule has 9 heteroatoms. The van der Waals surface area contributed by atoms with E-state index in [0.717, 1.165) is 25.9 Å². The summed E-state index contributed by atoms with van der Waals surface area (Å²) in [5, 5.41) is 15.1. The Morgan fingerprint density at radius 3 is 1.86 bits per heavy atom. The molecule has 36 heavy (non-hydrogen) atoms. The Kier molecular flexibility index (Phi) is 10.8. The van der Waals surface area contributed by atoms with E-state index in [0.29, 0.717) is 30.1 Å². The van der Waals surface area contributed by atoms with Crippen molar-refractivity contribution in [1.29, 1.82) is 0 Å². The van der Waals surface area contributed by atoms with Gasteiger partial charge in [0.2, 0.25) is 11.8 Å². The van der Waals surface area contributed by atoms with Crippen molar-refractivity contribution in [3.8, 4) is 0 Å². The summed E-state index contributed by atoms with van der Waals surface area (Å²) < 4.78 is 27.8. The van der Waals surface area contributed by atoms with E-state index < -0.39 is 0 Å². The summed E-state index contributed by atoms with van der Waals surface area (Å²) in [6, 6.07) is 12.5. The number of nitrogens with one attached hydrogen (secondary N) is 2. The lowest BCUT2D eigenvalue weighted by atomic mass is 9.96. The molecule has 1 heterocycles. The number of amides is 2. The van der Waals surface area contributed by atoms with Gasteiger partial charge in [-0.25, -0.2) is 8.78 Å². The van der Waals surface area contributed by atoms with Crippen LogP contribution in [0.2, 0.25) is 0 Å². The molecule has 0 spiro atoms. The predicted molar refractivity (Wildman–Crippen MR) is 134 cm³/mol. The largest absolute Gasteiger partial charge is 0.392 e. The third-order valence-corrected chi connectivity index (χ3v) is 6.35. The number of halogens is 2. The van der Waals surface area contributed by atoms with Crippen LogP contribution in [0, 0.1) is 17.6 Å². The van der Waals surface area contributed by atoms with Gasteiger partial charge in [0, 0.05) is 37.3 Å². The molecule has 0 aromatic heterocycles. The van der Waals surface area contributed by atoms with E-state index in [1.54, 1.807) is 48.2 Å². The van der Waals surface area contributed by atoms with Crippen LogP contribution in [0.3, 0.4) is 0 Å². The summed E-state index contributed by atoms with van der Waals surface area (Å²) >= 11 is 0. The van der Waals surface area contributed by atoms with E-state index in [2.05, 4.69) is 15.5 Å². The highest BCUT2D eigenvalue weighted by atomic mass is 19.1. The molecule has 3 rings (SSSR count). The molecule has 0 aliphatic carbocycles. The van der Waals surface area contributed by atoms with Crippen LogP contribution in [0.15, 0.2) is 48.5 Å². The highest BCUT2D eigenvalue weighted by Gasteiger charge is 2.24. The lowest BCUT2D eigenvalue weighted by molar-refractivity contribution is -0.125. The average molecular weight is 503 g/mol. The number of hydrogen-bond acceptors (Lipinski definition) is 5. The molecule has 3 N–H and O–H groups in total. The van der Waals surface area contributed by atoms with Crippen LogP contribution in [0.1, 0.15) is 30.9 Å². The van der Waals surface area contributed by atoms with E-state index >= 15 is 0 Å². The highest BCUT2D eigenvalue weighted by molar-refractivity contribution is 5.81. The summed E-state index contributed by atoms with van der Waals surface area (Å²) in [6.07, 6.45) is 1.42.